The van der Waals surface area contributed by atoms with Crippen LogP contribution in [0.1, 0.15) is 54.4 Å². The fourth-order valence-corrected chi connectivity index (χ4v) is 3.38. The predicted molar refractivity (Wildman–Crippen MR) is 138 cm³/mol. The Balaban J connectivity index is 0. The van der Waals surface area contributed by atoms with Crippen molar-refractivity contribution in [1.82, 2.24) is 10.6 Å². The van der Waals surface area contributed by atoms with Gasteiger partial charge in [-0.25, -0.2) is 27.6 Å². The second-order valence-corrected chi connectivity index (χ2v) is 12.9. The summed E-state index contributed by atoms with van der Waals surface area (Å²) in [6, 6.07) is -1.70. The normalized spacial score (nSPS) is 13.2. The average molecular weight is 559 g/mol. The Bertz CT molecular complexity index is 818. The first-order chi connectivity index (χ1) is 16.2. The van der Waals surface area contributed by atoms with E-state index in [1.807, 2.05) is 6.26 Å². The summed E-state index contributed by atoms with van der Waals surface area (Å²) in [7, 11) is -0.776. The Morgan fingerprint density at radius 1 is 0.778 bits per heavy atom. The van der Waals surface area contributed by atoms with Gasteiger partial charge in [0.05, 0.1) is 20.0 Å². The van der Waals surface area contributed by atoms with Gasteiger partial charge in [-0.15, -0.1) is 0 Å². The van der Waals surface area contributed by atoms with E-state index in [9.17, 15) is 27.6 Å². The number of thioether (sulfide) groups is 1. The summed E-state index contributed by atoms with van der Waals surface area (Å²) in [4.78, 5) is 45.9. The van der Waals surface area contributed by atoms with Gasteiger partial charge in [0.15, 0.2) is 0 Å². The molecule has 0 aliphatic rings. The molecule has 0 radical (unpaired) electrons. The molecular weight excluding hydrogens is 516 g/mol. The van der Waals surface area contributed by atoms with Crippen LogP contribution in [0.3, 0.4) is 0 Å². The molecule has 0 aromatic carbocycles. The van der Waals surface area contributed by atoms with Gasteiger partial charge >= 0.3 is 24.1 Å². The van der Waals surface area contributed by atoms with E-state index in [2.05, 4.69) is 20.1 Å². The third-order valence-corrected chi connectivity index (χ3v) is 5.36. The quantitative estimate of drug-likeness (QED) is 0.299. The van der Waals surface area contributed by atoms with Crippen LogP contribution in [0.15, 0.2) is 0 Å². The molecule has 0 aliphatic carbocycles. The molecular formula is C22H42N2O10S2. The van der Waals surface area contributed by atoms with E-state index in [4.69, 9.17) is 9.47 Å². The maximum absolute atomic E-state index is 11.5. The van der Waals surface area contributed by atoms with E-state index in [-0.39, 0.29) is 12.2 Å². The lowest BCUT2D eigenvalue weighted by Crippen LogP contribution is -2.44. The molecule has 2 amide bonds. The van der Waals surface area contributed by atoms with Gasteiger partial charge < -0.3 is 29.6 Å². The average Bonchev–Trinajstić information content (AvgIpc) is 2.70. The molecule has 0 aliphatic heterocycles. The molecule has 0 unspecified atom stereocenters. The Morgan fingerprint density at radius 2 is 1.14 bits per heavy atom. The highest BCUT2D eigenvalue weighted by Crippen LogP contribution is 2.09. The van der Waals surface area contributed by atoms with Gasteiger partial charge in [-0.05, 0) is 66.4 Å². The van der Waals surface area contributed by atoms with Crippen LogP contribution >= 0.6 is 11.8 Å². The van der Waals surface area contributed by atoms with E-state index >= 15 is 0 Å². The number of methoxy groups -OCH3 is 2. The molecule has 0 rings (SSSR count). The molecule has 0 heterocycles. The first-order valence-electron chi connectivity index (χ1n) is 11.1. The van der Waals surface area contributed by atoms with Gasteiger partial charge in [-0.3, -0.25) is 0 Å². The van der Waals surface area contributed by atoms with Gasteiger partial charge in [0.25, 0.3) is 0 Å². The van der Waals surface area contributed by atoms with Crippen LogP contribution in [0.5, 0.6) is 0 Å². The highest BCUT2D eigenvalue weighted by molar-refractivity contribution is 7.98. The van der Waals surface area contributed by atoms with Crippen LogP contribution in [-0.2, 0) is 38.4 Å². The molecule has 2 N–H and O–H groups in total. The Hall–Kier alpha value is -2.22. The summed E-state index contributed by atoms with van der Waals surface area (Å²) in [5.41, 5.74) is -1.29. The molecule has 0 aromatic heterocycles. The second kappa shape index (κ2) is 16.5. The fourth-order valence-electron chi connectivity index (χ4n) is 2.25. The Labute approximate surface area is 218 Å². The monoisotopic (exact) mass is 558 g/mol. The van der Waals surface area contributed by atoms with Gasteiger partial charge in [-0.1, -0.05) is 0 Å². The largest absolute Gasteiger partial charge is 0.467 e. The number of amides is 2. The number of alkyl carbamates (subject to hydrolysis) is 2. The van der Waals surface area contributed by atoms with Crippen molar-refractivity contribution in [2.75, 3.05) is 38.2 Å². The summed E-state index contributed by atoms with van der Waals surface area (Å²) in [5.74, 6) is -0.641. The van der Waals surface area contributed by atoms with E-state index in [1.54, 1.807) is 53.3 Å². The molecule has 12 nitrogen and oxygen atoms in total. The predicted octanol–water partition coefficient (Wildman–Crippen LogP) is 2.29. The summed E-state index contributed by atoms with van der Waals surface area (Å²) in [6.07, 6.45) is 2.04. The van der Waals surface area contributed by atoms with Crippen molar-refractivity contribution in [3.63, 3.8) is 0 Å². The van der Waals surface area contributed by atoms with Crippen LogP contribution in [0.4, 0.5) is 9.59 Å². The van der Waals surface area contributed by atoms with E-state index in [1.165, 1.54) is 7.11 Å². The highest BCUT2D eigenvalue weighted by Gasteiger charge is 2.26. The van der Waals surface area contributed by atoms with Gasteiger partial charge in [0.1, 0.15) is 33.1 Å². The lowest BCUT2D eigenvalue weighted by Gasteiger charge is -2.22. The Morgan fingerprint density at radius 3 is 1.42 bits per heavy atom. The van der Waals surface area contributed by atoms with Crippen molar-refractivity contribution in [2.45, 2.75) is 77.7 Å². The van der Waals surface area contributed by atoms with Crippen LogP contribution in [0, 0.1) is 0 Å². The number of carbonyl (C=O) groups excluding carboxylic acids is 4. The minimum Gasteiger partial charge on any atom is -0.467 e. The first kappa shape index (κ1) is 35.9. The maximum atomic E-state index is 11.5. The smallest absolute Gasteiger partial charge is 0.408 e. The summed E-state index contributed by atoms with van der Waals surface area (Å²) < 4.78 is 41.3. The summed E-state index contributed by atoms with van der Waals surface area (Å²) >= 11 is 1.60. The standard InChI is InChI=1S/C11H21NO6S.C11H21NO4S/c1-11(2,3)18-10(14)12-8(9(13)17-4)6-7-19(5,15)16;1-11(2,3)16-10(14)12-8(6-7-17-5)9(13)15-4/h8H,6-7H2,1-5H3,(H,12,14);8H,6-7H2,1-5H3,(H,12,14)/t2*8-/m00/s1. The number of ether oxygens (including phenoxy) is 4. The molecule has 0 fully saturated rings. The SMILES string of the molecule is COC(=O)[C@H](CCS(C)(=O)=O)NC(=O)OC(C)(C)C.COC(=O)[C@H](CCSC)NC(=O)OC(C)(C)C. The van der Waals surface area contributed by atoms with Crippen molar-refractivity contribution < 1.29 is 46.5 Å². The van der Waals surface area contributed by atoms with Crippen LogP contribution in [0.25, 0.3) is 0 Å². The number of hydrogen-bond donors (Lipinski definition) is 2. The number of sulfone groups is 1. The van der Waals surface area contributed by atoms with Crippen molar-refractivity contribution >= 4 is 45.7 Å². The van der Waals surface area contributed by atoms with Crippen molar-refractivity contribution in [2.24, 2.45) is 0 Å². The number of esters is 2. The topological polar surface area (TPSA) is 163 Å². The number of nitrogens with one attached hydrogen (secondary N) is 2. The van der Waals surface area contributed by atoms with E-state index in [0.29, 0.717) is 6.42 Å². The third kappa shape index (κ3) is 21.1. The molecule has 212 valence electrons. The van der Waals surface area contributed by atoms with Crippen LogP contribution in [0.2, 0.25) is 0 Å². The molecule has 0 saturated carbocycles. The Kier molecular flexibility index (Phi) is 16.5. The van der Waals surface area contributed by atoms with Crippen molar-refractivity contribution in [3.05, 3.63) is 0 Å². The zero-order valence-corrected chi connectivity index (χ0v) is 24.5. The van der Waals surface area contributed by atoms with Gasteiger partial charge in [-0.2, -0.15) is 11.8 Å². The van der Waals surface area contributed by atoms with Crippen LogP contribution in [-0.4, -0.2) is 94.1 Å². The van der Waals surface area contributed by atoms with E-state index < -0.39 is 57.2 Å². The molecule has 0 spiro atoms. The zero-order valence-electron chi connectivity index (χ0n) is 22.9. The van der Waals surface area contributed by atoms with E-state index in [0.717, 1.165) is 19.1 Å². The molecule has 0 aromatic rings. The number of carbonyl (C=O) groups is 4. The molecule has 0 bridgehead atoms. The maximum Gasteiger partial charge on any atom is 0.408 e. The van der Waals surface area contributed by atoms with Gasteiger partial charge in [0, 0.05) is 6.26 Å². The second-order valence-electron chi connectivity index (χ2n) is 9.64. The minimum atomic E-state index is -3.23. The van der Waals surface area contributed by atoms with Crippen molar-refractivity contribution in [1.29, 1.82) is 0 Å². The minimum absolute atomic E-state index is 0.0647. The lowest BCUT2D eigenvalue weighted by molar-refractivity contribution is -0.143. The van der Waals surface area contributed by atoms with Crippen LogP contribution < -0.4 is 10.6 Å². The van der Waals surface area contributed by atoms with Gasteiger partial charge in [0.2, 0.25) is 0 Å². The highest BCUT2D eigenvalue weighted by atomic mass is 32.2. The molecule has 2 atom stereocenters. The lowest BCUT2D eigenvalue weighted by atomic mass is 10.2. The summed E-state index contributed by atoms with van der Waals surface area (Å²) in [5, 5.41) is 4.81. The third-order valence-electron chi connectivity index (χ3n) is 3.74. The molecule has 14 heteroatoms. The first-order valence-corrected chi connectivity index (χ1v) is 14.5. The zero-order chi connectivity index (χ0) is 28.7. The molecule has 0 saturated heterocycles. The fraction of sp³-hybridized carbons (Fsp3) is 0.818. The number of hydrogen-bond acceptors (Lipinski definition) is 11. The summed E-state index contributed by atoms with van der Waals surface area (Å²) in [6.45, 7) is 10.3. The molecule has 36 heavy (non-hydrogen) atoms. The number of rotatable bonds is 10. The van der Waals surface area contributed by atoms with Crippen molar-refractivity contribution in [3.8, 4) is 0 Å².